The standard InChI is InChI=1S/C18H16Cl2O2/c1-3-21-17-11-7-5-10-14(20)16(11)18(22-4-2)12-8-6-9-13(19)15(12)17/h5-10H,3-4H2,1-2H3. The van der Waals surface area contributed by atoms with Gasteiger partial charge in [-0.1, -0.05) is 47.5 Å². The number of hydrogen-bond acceptors (Lipinski definition) is 2. The van der Waals surface area contributed by atoms with Gasteiger partial charge in [0.15, 0.2) is 0 Å². The molecule has 3 aromatic carbocycles. The van der Waals surface area contributed by atoms with E-state index in [0.29, 0.717) is 23.3 Å². The molecule has 0 aliphatic heterocycles. The molecule has 0 heterocycles. The second-order valence-corrected chi connectivity index (χ2v) is 5.66. The molecule has 22 heavy (non-hydrogen) atoms. The number of hydrogen-bond donors (Lipinski definition) is 0. The molecule has 3 aromatic rings. The Hall–Kier alpha value is -1.64. The van der Waals surface area contributed by atoms with Crippen molar-refractivity contribution in [3.63, 3.8) is 0 Å². The lowest BCUT2D eigenvalue weighted by Gasteiger charge is -2.18. The van der Waals surface area contributed by atoms with E-state index in [0.717, 1.165) is 33.0 Å². The highest BCUT2D eigenvalue weighted by Gasteiger charge is 2.19. The molecule has 0 spiro atoms. The molecule has 0 bridgehead atoms. The summed E-state index contributed by atoms with van der Waals surface area (Å²) in [5.41, 5.74) is 0. The first kappa shape index (κ1) is 15.3. The quantitative estimate of drug-likeness (QED) is 0.537. The summed E-state index contributed by atoms with van der Waals surface area (Å²) < 4.78 is 11.8. The second-order valence-electron chi connectivity index (χ2n) is 4.85. The maximum Gasteiger partial charge on any atom is 0.136 e. The van der Waals surface area contributed by atoms with E-state index < -0.39 is 0 Å². The van der Waals surface area contributed by atoms with Crippen LogP contribution < -0.4 is 9.47 Å². The summed E-state index contributed by atoms with van der Waals surface area (Å²) in [6.07, 6.45) is 0. The molecule has 3 rings (SSSR count). The molecule has 0 amide bonds. The fourth-order valence-corrected chi connectivity index (χ4v) is 3.27. The summed E-state index contributed by atoms with van der Waals surface area (Å²) in [6.45, 7) is 5.01. The van der Waals surface area contributed by atoms with Crippen molar-refractivity contribution in [3.8, 4) is 11.5 Å². The molecule has 0 atom stereocenters. The van der Waals surface area contributed by atoms with Crippen LogP contribution in [-0.4, -0.2) is 13.2 Å². The van der Waals surface area contributed by atoms with Gasteiger partial charge < -0.3 is 9.47 Å². The Labute approximate surface area is 139 Å². The van der Waals surface area contributed by atoms with Crippen LogP contribution in [0.25, 0.3) is 21.5 Å². The van der Waals surface area contributed by atoms with Crippen molar-refractivity contribution < 1.29 is 9.47 Å². The minimum Gasteiger partial charge on any atom is -0.493 e. The van der Waals surface area contributed by atoms with Crippen LogP contribution in [0.4, 0.5) is 0 Å². The van der Waals surface area contributed by atoms with Crippen LogP contribution in [0.15, 0.2) is 36.4 Å². The highest BCUT2D eigenvalue weighted by atomic mass is 35.5. The highest BCUT2D eigenvalue weighted by molar-refractivity contribution is 6.40. The van der Waals surface area contributed by atoms with Crippen molar-refractivity contribution in [1.82, 2.24) is 0 Å². The Balaban J connectivity index is 2.58. The third-order valence-corrected chi connectivity index (χ3v) is 4.18. The Bertz CT molecular complexity index is 772. The van der Waals surface area contributed by atoms with Gasteiger partial charge in [0.25, 0.3) is 0 Å². The normalized spacial score (nSPS) is 11.1. The summed E-state index contributed by atoms with van der Waals surface area (Å²) >= 11 is 12.9. The molecule has 0 saturated heterocycles. The third kappa shape index (κ3) is 2.37. The van der Waals surface area contributed by atoms with Crippen molar-refractivity contribution >= 4 is 44.7 Å². The SMILES string of the molecule is CCOc1c2cccc(Cl)c2c(OCC)c2cccc(Cl)c12. The fourth-order valence-electron chi connectivity index (χ4n) is 2.75. The monoisotopic (exact) mass is 334 g/mol. The summed E-state index contributed by atoms with van der Waals surface area (Å²) in [7, 11) is 0. The largest absolute Gasteiger partial charge is 0.493 e. The molecular formula is C18H16Cl2O2. The van der Waals surface area contributed by atoms with Crippen LogP contribution in [0.3, 0.4) is 0 Å². The van der Waals surface area contributed by atoms with E-state index in [1.54, 1.807) is 0 Å². The smallest absolute Gasteiger partial charge is 0.136 e. The van der Waals surface area contributed by atoms with Crippen molar-refractivity contribution in [2.45, 2.75) is 13.8 Å². The zero-order valence-corrected chi connectivity index (χ0v) is 14.0. The minimum atomic E-state index is 0.552. The fraction of sp³-hybridized carbons (Fsp3) is 0.222. The predicted octanol–water partition coefficient (Wildman–Crippen LogP) is 6.10. The first-order valence-electron chi connectivity index (χ1n) is 7.27. The summed E-state index contributed by atoms with van der Waals surface area (Å²) in [5, 5.41) is 4.85. The number of benzene rings is 3. The van der Waals surface area contributed by atoms with Gasteiger partial charge in [0.05, 0.1) is 23.3 Å². The lowest BCUT2D eigenvalue weighted by Crippen LogP contribution is -1.99. The number of ether oxygens (including phenoxy) is 2. The topological polar surface area (TPSA) is 18.5 Å². The molecule has 0 aliphatic carbocycles. The molecule has 0 fully saturated rings. The zero-order valence-electron chi connectivity index (χ0n) is 12.5. The maximum atomic E-state index is 6.44. The van der Waals surface area contributed by atoms with E-state index in [2.05, 4.69) is 0 Å². The van der Waals surface area contributed by atoms with Gasteiger partial charge in [-0.25, -0.2) is 0 Å². The number of rotatable bonds is 4. The van der Waals surface area contributed by atoms with Crippen LogP contribution in [-0.2, 0) is 0 Å². The first-order chi connectivity index (χ1) is 10.7. The van der Waals surface area contributed by atoms with E-state index in [1.165, 1.54) is 0 Å². The average molecular weight is 335 g/mol. The van der Waals surface area contributed by atoms with Gasteiger partial charge in [-0.3, -0.25) is 0 Å². The van der Waals surface area contributed by atoms with Crippen LogP contribution in [0.2, 0.25) is 10.0 Å². The van der Waals surface area contributed by atoms with Crippen LogP contribution in [0.5, 0.6) is 11.5 Å². The van der Waals surface area contributed by atoms with Crippen LogP contribution in [0, 0.1) is 0 Å². The summed E-state index contributed by atoms with van der Waals surface area (Å²) in [6, 6.07) is 11.5. The Morgan fingerprint density at radius 3 is 1.50 bits per heavy atom. The molecule has 2 nitrogen and oxygen atoms in total. The van der Waals surface area contributed by atoms with E-state index in [-0.39, 0.29) is 0 Å². The molecular weight excluding hydrogens is 319 g/mol. The van der Waals surface area contributed by atoms with Gasteiger partial charge in [0.2, 0.25) is 0 Å². The Kier molecular flexibility index (Phi) is 4.32. The molecule has 0 aromatic heterocycles. The maximum absolute atomic E-state index is 6.44. The van der Waals surface area contributed by atoms with Crippen molar-refractivity contribution in [2.75, 3.05) is 13.2 Å². The van der Waals surface area contributed by atoms with Crippen LogP contribution in [0.1, 0.15) is 13.8 Å². The minimum absolute atomic E-state index is 0.552. The lowest BCUT2D eigenvalue weighted by atomic mass is 10.0. The second kappa shape index (κ2) is 6.23. The average Bonchev–Trinajstić information content (AvgIpc) is 2.51. The lowest BCUT2D eigenvalue weighted by molar-refractivity contribution is 0.342. The molecule has 0 unspecified atom stereocenters. The van der Waals surface area contributed by atoms with Crippen molar-refractivity contribution in [3.05, 3.63) is 46.4 Å². The van der Waals surface area contributed by atoms with E-state index in [1.807, 2.05) is 50.2 Å². The molecule has 0 aliphatic rings. The molecule has 4 heteroatoms. The summed E-state index contributed by atoms with van der Waals surface area (Å²) in [4.78, 5) is 0. The van der Waals surface area contributed by atoms with Crippen LogP contribution >= 0.6 is 23.2 Å². The van der Waals surface area contributed by atoms with E-state index in [4.69, 9.17) is 32.7 Å². The highest BCUT2D eigenvalue weighted by Crippen LogP contribution is 2.47. The number of fused-ring (bicyclic) bond motifs is 2. The van der Waals surface area contributed by atoms with Crippen molar-refractivity contribution in [2.24, 2.45) is 0 Å². The predicted molar refractivity (Wildman–Crippen MR) is 93.8 cm³/mol. The van der Waals surface area contributed by atoms with Gasteiger partial charge in [-0.05, 0) is 26.0 Å². The Morgan fingerprint density at radius 2 is 1.14 bits per heavy atom. The molecule has 0 N–H and O–H groups in total. The number of halogens is 2. The molecule has 0 radical (unpaired) electrons. The van der Waals surface area contributed by atoms with Gasteiger partial charge in [0.1, 0.15) is 11.5 Å². The van der Waals surface area contributed by atoms with Gasteiger partial charge in [-0.2, -0.15) is 0 Å². The summed E-state index contributed by atoms with van der Waals surface area (Å²) in [5.74, 6) is 1.51. The van der Waals surface area contributed by atoms with Gasteiger partial charge in [-0.15, -0.1) is 0 Å². The van der Waals surface area contributed by atoms with Crippen molar-refractivity contribution in [1.29, 1.82) is 0 Å². The third-order valence-electron chi connectivity index (χ3n) is 3.55. The molecule has 0 saturated carbocycles. The van der Waals surface area contributed by atoms with E-state index in [9.17, 15) is 0 Å². The zero-order chi connectivity index (χ0) is 15.7. The van der Waals surface area contributed by atoms with Gasteiger partial charge in [0, 0.05) is 21.5 Å². The first-order valence-corrected chi connectivity index (χ1v) is 8.02. The van der Waals surface area contributed by atoms with Gasteiger partial charge >= 0.3 is 0 Å². The Morgan fingerprint density at radius 1 is 0.727 bits per heavy atom. The molecule has 114 valence electrons. The van der Waals surface area contributed by atoms with E-state index >= 15 is 0 Å².